The van der Waals surface area contributed by atoms with Crippen LogP contribution in [-0.4, -0.2) is 78.8 Å². The van der Waals surface area contributed by atoms with Crippen molar-refractivity contribution in [2.75, 3.05) is 6.61 Å². The number of aliphatic hydroxyl groups is 7. The van der Waals surface area contributed by atoms with Crippen LogP contribution >= 0.6 is 0 Å². The molecule has 0 spiro atoms. The van der Waals surface area contributed by atoms with Crippen molar-refractivity contribution < 1.29 is 41.9 Å². The predicted octanol–water partition coefficient (Wildman–Crippen LogP) is -3.90. The molecule has 102 valence electrons. The maximum atomic E-state index is 9.68. The molecule has 0 bridgehead atoms. The number of hydrogen-bond donors (Lipinski definition) is 7. The third kappa shape index (κ3) is 2.92. The summed E-state index contributed by atoms with van der Waals surface area (Å²) >= 11 is 0. The van der Waals surface area contributed by atoms with Crippen LogP contribution in [0, 0.1) is 5.92 Å². The van der Waals surface area contributed by atoms with Crippen LogP contribution in [0.4, 0.5) is 0 Å². The quantitative estimate of drug-likeness (QED) is 0.253. The van der Waals surface area contributed by atoms with Gasteiger partial charge in [0.2, 0.25) is 0 Å². The average Bonchev–Trinajstić information content (AvgIpc) is 2.29. The molecule has 0 amide bonds. The van der Waals surface area contributed by atoms with Crippen molar-refractivity contribution in [3.63, 3.8) is 0 Å². The molecular weight excluding hydrogens is 236 g/mol. The van der Waals surface area contributed by atoms with E-state index in [-0.39, 0.29) is 0 Å². The van der Waals surface area contributed by atoms with Gasteiger partial charge in [-0.1, -0.05) is 6.92 Å². The monoisotopic (exact) mass is 255 g/mol. The number of rotatable bonds is 3. The van der Waals surface area contributed by atoms with Gasteiger partial charge in [0.1, 0.15) is 24.4 Å². The molecule has 1 aliphatic rings. The van der Waals surface area contributed by atoms with Crippen molar-refractivity contribution in [1.29, 1.82) is 0 Å². The standard InChI is InChI=1S/C9H18O8/c1-3(9(14,15)16)8-7(13)6(12)5(11)4(2-10)17-8/h3-8,10-16H,2H2,1H3/t3?,4-,5+,6+,7-,8-/m1/s1/i8D. The fourth-order valence-corrected chi connectivity index (χ4v) is 1.58. The van der Waals surface area contributed by atoms with E-state index >= 15 is 0 Å². The molecule has 0 aromatic rings. The van der Waals surface area contributed by atoms with Crippen LogP contribution in [0.3, 0.4) is 0 Å². The molecule has 8 heteroatoms. The molecule has 0 aromatic carbocycles. The van der Waals surface area contributed by atoms with Crippen molar-refractivity contribution in [2.45, 2.75) is 43.4 Å². The summed E-state index contributed by atoms with van der Waals surface area (Å²) in [6.07, 6.45) is -9.38. The predicted molar refractivity (Wildman–Crippen MR) is 52.3 cm³/mol. The summed E-state index contributed by atoms with van der Waals surface area (Å²) in [6.45, 7) is 0.239. The molecule has 0 aromatic heterocycles. The molecule has 7 N–H and O–H groups in total. The van der Waals surface area contributed by atoms with Crippen LogP contribution in [0.1, 0.15) is 8.29 Å². The molecule has 1 rings (SSSR count). The first kappa shape index (κ1) is 13.1. The highest BCUT2D eigenvalue weighted by molar-refractivity contribution is 4.94. The van der Waals surface area contributed by atoms with Gasteiger partial charge in [-0.2, -0.15) is 0 Å². The Morgan fingerprint density at radius 3 is 2.12 bits per heavy atom. The molecule has 1 aliphatic heterocycles. The van der Waals surface area contributed by atoms with E-state index in [0.29, 0.717) is 0 Å². The molecule has 1 unspecified atom stereocenters. The Bertz CT molecular complexity index is 293. The fraction of sp³-hybridized carbons (Fsp3) is 1.00. The minimum atomic E-state index is -3.33. The molecule has 0 aliphatic carbocycles. The van der Waals surface area contributed by atoms with E-state index < -0.39 is 49.0 Å². The van der Waals surface area contributed by atoms with Crippen LogP contribution < -0.4 is 0 Å². The van der Waals surface area contributed by atoms with Gasteiger partial charge in [0.25, 0.3) is 5.97 Å². The van der Waals surface area contributed by atoms with Crippen molar-refractivity contribution in [3.8, 4) is 0 Å². The van der Waals surface area contributed by atoms with E-state index in [4.69, 9.17) is 26.5 Å². The first-order chi connectivity index (χ1) is 8.05. The molecule has 8 nitrogen and oxygen atoms in total. The first-order valence-corrected chi connectivity index (χ1v) is 5.05. The van der Waals surface area contributed by atoms with Crippen molar-refractivity contribution in [1.82, 2.24) is 0 Å². The van der Waals surface area contributed by atoms with Crippen molar-refractivity contribution >= 4 is 0 Å². The second-order valence-corrected chi connectivity index (χ2v) is 4.08. The number of aliphatic hydroxyl groups excluding tert-OH is 4. The average molecular weight is 255 g/mol. The third-order valence-electron chi connectivity index (χ3n) is 2.82. The van der Waals surface area contributed by atoms with E-state index in [1.165, 1.54) is 0 Å². The summed E-state index contributed by atoms with van der Waals surface area (Å²) in [7, 11) is 0. The second-order valence-electron chi connectivity index (χ2n) is 4.08. The van der Waals surface area contributed by atoms with Crippen LogP contribution in [0.5, 0.6) is 0 Å². The zero-order valence-electron chi connectivity index (χ0n) is 10.1. The summed E-state index contributed by atoms with van der Waals surface area (Å²) < 4.78 is 12.7. The van der Waals surface area contributed by atoms with Gasteiger partial charge in [0, 0.05) is 0 Å². The topological polar surface area (TPSA) is 151 Å². The van der Waals surface area contributed by atoms with E-state index in [2.05, 4.69) is 0 Å². The zero-order valence-corrected chi connectivity index (χ0v) is 9.13. The van der Waals surface area contributed by atoms with Gasteiger partial charge in [-0.25, -0.2) is 0 Å². The van der Waals surface area contributed by atoms with Gasteiger partial charge in [0.05, 0.1) is 20.0 Å². The van der Waals surface area contributed by atoms with Crippen LogP contribution in [0.2, 0.25) is 0 Å². The van der Waals surface area contributed by atoms with Gasteiger partial charge in [-0.05, 0) is 0 Å². The van der Waals surface area contributed by atoms with Crippen LogP contribution in [0.15, 0.2) is 0 Å². The van der Waals surface area contributed by atoms with E-state index in [1.54, 1.807) is 0 Å². The highest BCUT2D eigenvalue weighted by atomic mass is 16.7. The zero-order chi connectivity index (χ0) is 14.3. The third-order valence-corrected chi connectivity index (χ3v) is 2.82. The largest absolute Gasteiger partial charge is 0.394 e. The van der Waals surface area contributed by atoms with Crippen LogP contribution in [-0.2, 0) is 4.74 Å². The summed E-state index contributed by atoms with van der Waals surface area (Å²) in [5.41, 5.74) is 0. The normalized spacial score (nSPS) is 46.5. The Hall–Kier alpha value is -0.320. The molecule has 6 atom stereocenters. The molecule has 1 saturated heterocycles. The Labute approximate surface area is 98.7 Å². The molecule has 0 saturated carbocycles. The summed E-state index contributed by atoms with van der Waals surface area (Å²) in [5.74, 6) is -5.07. The van der Waals surface area contributed by atoms with Gasteiger partial charge in [0.15, 0.2) is 0 Å². The molecule has 1 heterocycles. The highest BCUT2D eigenvalue weighted by Crippen LogP contribution is 2.29. The van der Waals surface area contributed by atoms with Gasteiger partial charge in [-0.15, -0.1) is 0 Å². The molecule has 17 heavy (non-hydrogen) atoms. The minimum absolute atomic E-state index is 0.756. The lowest BCUT2D eigenvalue weighted by Crippen LogP contribution is -2.62. The molecule has 1 fully saturated rings. The lowest BCUT2D eigenvalue weighted by atomic mass is 9.87. The fourth-order valence-electron chi connectivity index (χ4n) is 1.58. The van der Waals surface area contributed by atoms with Gasteiger partial charge >= 0.3 is 0 Å². The highest BCUT2D eigenvalue weighted by Gasteiger charge is 2.49. The number of hydrogen-bond acceptors (Lipinski definition) is 8. The van der Waals surface area contributed by atoms with Crippen LogP contribution in [0.25, 0.3) is 0 Å². The molecular formula is C9H18O8. The Balaban J connectivity index is 3.06. The maximum absolute atomic E-state index is 9.68. The minimum Gasteiger partial charge on any atom is -0.394 e. The summed E-state index contributed by atoms with van der Waals surface area (Å²) in [4.78, 5) is 0. The maximum Gasteiger partial charge on any atom is 0.280 e. The van der Waals surface area contributed by atoms with E-state index in [1.807, 2.05) is 0 Å². The lowest BCUT2D eigenvalue weighted by Gasteiger charge is -2.43. The number of ether oxygens (including phenoxy) is 1. The Morgan fingerprint density at radius 2 is 1.71 bits per heavy atom. The van der Waals surface area contributed by atoms with E-state index in [0.717, 1.165) is 6.92 Å². The summed E-state index contributed by atoms with van der Waals surface area (Å²) in [5, 5.41) is 64.7. The van der Waals surface area contributed by atoms with Gasteiger partial charge in [-0.3, -0.25) is 0 Å². The lowest BCUT2D eigenvalue weighted by molar-refractivity contribution is -0.368. The van der Waals surface area contributed by atoms with E-state index in [9.17, 15) is 15.3 Å². The van der Waals surface area contributed by atoms with Crippen molar-refractivity contribution in [3.05, 3.63) is 0 Å². The smallest absolute Gasteiger partial charge is 0.280 e. The molecule has 0 radical (unpaired) electrons. The van der Waals surface area contributed by atoms with Gasteiger partial charge < -0.3 is 40.5 Å². The SMILES string of the molecule is [2H][C@]1(C(C)C(O)(O)O)O[C@H](CO)[C@H](O)[C@H](O)[C@H]1O. The Kier molecular flexibility index (Phi) is 3.95. The Morgan fingerprint density at radius 1 is 1.18 bits per heavy atom. The van der Waals surface area contributed by atoms with Crippen molar-refractivity contribution in [2.24, 2.45) is 5.92 Å². The first-order valence-electron chi connectivity index (χ1n) is 5.55. The second kappa shape index (κ2) is 5.12. The summed E-state index contributed by atoms with van der Waals surface area (Å²) in [6, 6.07) is 0.